The minimum absolute atomic E-state index is 0.252. The number of hydrogen-bond donors (Lipinski definition) is 1. The average Bonchev–Trinajstić information content (AvgIpc) is 2.72. The zero-order chi connectivity index (χ0) is 17.6. The average molecular weight is 343 g/mol. The maximum Gasteiger partial charge on any atom is 0.407 e. The highest BCUT2D eigenvalue weighted by molar-refractivity contribution is 5.65. The first-order valence-electron chi connectivity index (χ1n) is 8.51. The van der Waals surface area contributed by atoms with Crippen molar-refractivity contribution in [3.8, 4) is 0 Å². The zero-order valence-corrected chi connectivity index (χ0v) is 13.7. The second-order valence-corrected chi connectivity index (χ2v) is 6.83. The van der Waals surface area contributed by atoms with E-state index >= 15 is 0 Å². The summed E-state index contributed by atoms with van der Waals surface area (Å²) in [4.78, 5) is 12.7. The Morgan fingerprint density at radius 2 is 1.72 bits per heavy atom. The fourth-order valence-corrected chi connectivity index (χ4v) is 4.23. The Bertz CT molecular complexity index is 820. The van der Waals surface area contributed by atoms with E-state index in [4.69, 9.17) is 0 Å². The predicted octanol–water partition coefficient (Wildman–Crippen LogP) is 4.09. The van der Waals surface area contributed by atoms with E-state index < -0.39 is 17.9 Å². The third-order valence-corrected chi connectivity index (χ3v) is 5.37. The van der Waals surface area contributed by atoms with Gasteiger partial charge >= 0.3 is 6.09 Å². The first kappa shape index (κ1) is 16.1. The molecule has 1 aliphatic carbocycles. The van der Waals surface area contributed by atoms with Crippen LogP contribution in [0.5, 0.6) is 0 Å². The van der Waals surface area contributed by atoms with Crippen LogP contribution in [0.3, 0.4) is 0 Å². The van der Waals surface area contributed by atoms with Gasteiger partial charge in [-0.2, -0.15) is 0 Å². The number of nitrogens with zero attached hydrogens (tertiary/aromatic N) is 1. The summed E-state index contributed by atoms with van der Waals surface area (Å²) in [5.74, 6) is -3.77. The van der Waals surface area contributed by atoms with Crippen molar-refractivity contribution in [3.63, 3.8) is 0 Å². The van der Waals surface area contributed by atoms with Crippen LogP contribution < -0.4 is 0 Å². The van der Waals surface area contributed by atoms with Gasteiger partial charge in [-0.25, -0.2) is 13.6 Å². The number of halogens is 2. The third kappa shape index (κ3) is 2.68. The molecular weight excluding hydrogens is 324 g/mol. The summed E-state index contributed by atoms with van der Waals surface area (Å²) in [6.07, 6.45) is -0.140. The molecule has 0 aromatic heterocycles. The molecule has 25 heavy (non-hydrogen) atoms. The number of benzene rings is 2. The van der Waals surface area contributed by atoms with Crippen LogP contribution in [0, 0.1) is 0 Å². The molecule has 130 valence electrons. The van der Waals surface area contributed by atoms with Crippen molar-refractivity contribution in [1.29, 1.82) is 0 Å². The van der Waals surface area contributed by atoms with E-state index in [9.17, 15) is 18.7 Å². The Kier molecular flexibility index (Phi) is 3.74. The highest BCUT2D eigenvalue weighted by atomic mass is 19.3. The van der Waals surface area contributed by atoms with Crippen LogP contribution in [0.15, 0.2) is 42.5 Å². The summed E-state index contributed by atoms with van der Waals surface area (Å²) in [6, 6.07) is 12.6. The number of carboxylic acid groups (broad SMARTS) is 1. The highest BCUT2D eigenvalue weighted by Crippen LogP contribution is 2.50. The van der Waals surface area contributed by atoms with Crippen molar-refractivity contribution in [3.05, 3.63) is 70.3 Å². The van der Waals surface area contributed by atoms with E-state index in [0.717, 1.165) is 16.7 Å². The molecule has 1 amide bonds. The van der Waals surface area contributed by atoms with Gasteiger partial charge in [-0.3, -0.25) is 0 Å². The fraction of sp³-hybridized carbons (Fsp3) is 0.350. The standard InChI is InChI=1S/C20H19F2NO2/c21-20(22)12-15-7-6-13-8-10-23(19(24)25)11-9-16(13)17(15)18(20)14-4-2-1-3-5-14/h1-7,18H,8-12H2,(H,24,25). The maximum atomic E-state index is 14.9. The summed E-state index contributed by atoms with van der Waals surface area (Å²) in [7, 11) is 0. The molecule has 0 saturated heterocycles. The first-order valence-corrected chi connectivity index (χ1v) is 8.51. The maximum absolute atomic E-state index is 14.9. The highest BCUT2D eigenvalue weighted by Gasteiger charge is 2.49. The van der Waals surface area contributed by atoms with Crippen molar-refractivity contribution in [2.75, 3.05) is 13.1 Å². The molecular formula is C20H19F2NO2. The minimum Gasteiger partial charge on any atom is -0.465 e. The van der Waals surface area contributed by atoms with Crippen LogP contribution in [0.1, 0.15) is 33.7 Å². The molecule has 2 aliphatic rings. The predicted molar refractivity (Wildman–Crippen MR) is 90.4 cm³/mol. The lowest BCUT2D eigenvalue weighted by atomic mass is 9.85. The van der Waals surface area contributed by atoms with Gasteiger partial charge in [0.15, 0.2) is 0 Å². The van der Waals surface area contributed by atoms with Crippen LogP contribution in [-0.2, 0) is 19.3 Å². The van der Waals surface area contributed by atoms with Crippen LogP contribution in [0.4, 0.5) is 13.6 Å². The lowest BCUT2D eigenvalue weighted by Gasteiger charge is -2.23. The van der Waals surface area contributed by atoms with Gasteiger partial charge in [-0.15, -0.1) is 0 Å². The lowest BCUT2D eigenvalue weighted by molar-refractivity contribution is -0.00373. The molecule has 0 radical (unpaired) electrons. The van der Waals surface area contributed by atoms with Gasteiger partial charge in [0, 0.05) is 19.5 Å². The fourth-order valence-electron chi connectivity index (χ4n) is 4.23. The lowest BCUT2D eigenvalue weighted by Crippen LogP contribution is -2.31. The molecule has 0 fully saturated rings. The van der Waals surface area contributed by atoms with Crippen LogP contribution in [0.2, 0.25) is 0 Å². The molecule has 5 heteroatoms. The summed E-state index contributed by atoms with van der Waals surface area (Å²) >= 11 is 0. The normalized spacial score (nSPS) is 21.4. The second-order valence-electron chi connectivity index (χ2n) is 6.83. The Labute approximate surface area is 144 Å². The van der Waals surface area contributed by atoms with E-state index in [2.05, 4.69) is 0 Å². The molecule has 2 aromatic rings. The molecule has 4 rings (SSSR count). The van der Waals surface area contributed by atoms with Gasteiger partial charge in [0.2, 0.25) is 0 Å². The quantitative estimate of drug-likeness (QED) is 0.847. The van der Waals surface area contributed by atoms with E-state index in [-0.39, 0.29) is 6.42 Å². The molecule has 0 bridgehead atoms. The number of hydrogen-bond acceptors (Lipinski definition) is 1. The topological polar surface area (TPSA) is 40.5 Å². The molecule has 0 spiro atoms. The van der Waals surface area contributed by atoms with Crippen LogP contribution >= 0.6 is 0 Å². The molecule has 1 heterocycles. The van der Waals surface area contributed by atoms with Crippen molar-refractivity contribution in [1.82, 2.24) is 4.90 Å². The van der Waals surface area contributed by atoms with Crippen molar-refractivity contribution in [2.45, 2.75) is 31.1 Å². The van der Waals surface area contributed by atoms with Crippen molar-refractivity contribution in [2.24, 2.45) is 0 Å². The SMILES string of the molecule is O=C(O)N1CCc2ccc3c(c2CC1)C(c1ccccc1)C(F)(F)C3. The summed E-state index contributed by atoms with van der Waals surface area (Å²) in [5, 5.41) is 9.25. The van der Waals surface area contributed by atoms with E-state index in [1.807, 2.05) is 12.1 Å². The first-order chi connectivity index (χ1) is 12.0. The number of fused-ring (bicyclic) bond motifs is 3. The molecule has 0 saturated carbocycles. The monoisotopic (exact) mass is 343 g/mol. The van der Waals surface area contributed by atoms with E-state index in [1.54, 1.807) is 30.3 Å². The third-order valence-electron chi connectivity index (χ3n) is 5.37. The van der Waals surface area contributed by atoms with Crippen molar-refractivity contribution >= 4 is 6.09 Å². The van der Waals surface area contributed by atoms with Crippen LogP contribution in [-0.4, -0.2) is 35.1 Å². The smallest absolute Gasteiger partial charge is 0.407 e. The molecule has 1 N–H and O–H groups in total. The molecule has 1 unspecified atom stereocenters. The zero-order valence-electron chi connectivity index (χ0n) is 13.7. The summed E-state index contributed by atoms with van der Waals surface area (Å²) < 4.78 is 29.7. The van der Waals surface area contributed by atoms with Gasteiger partial charge in [0.1, 0.15) is 0 Å². The number of amides is 1. The van der Waals surface area contributed by atoms with Gasteiger partial charge in [-0.1, -0.05) is 42.5 Å². The Morgan fingerprint density at radius 1 is 1.04 bits per heavy atom. The van der Waals surface area contributed by atoms with Gasteiger partial charge < -0.3 is 10.0 Å². The number of alkyl halides is 2. The Morgan fingerprint density at radius 3 is 2.44 bits per heavy atom. The van der Waals surface area contributed by atoms with Crippen molar-refractivity contribution < 1.29 is 18.7 Å². The summed E-state index contributed by atoms with van der Waals surface area (Å²) in [6.45, 7) is 0.763. The van der Waals surface area contributed by atoms with Gasteiger partial charge in [-0.05, 0) is 40.7 Å². The Balaban J connectivity index is 1.82. The molecule has 3 nitrogen and oxygen atoms in total. The van der Waals surface area contributed by atoms with Gasteiger partial charge in [0.05, 0.1) is 5.92 Å². The second kappa shape index (κ2) is 5.83. The molecule has 2 aromatic carbocycles. The Hall–Kier alpha value is -2.43. The largest absolute Gasteiger partial charge is 0.465 e. The molecule has 1 atom stereocenters. The number of rotatable bonds is 1. The minimum atomic E-state index is -2.82. The van der Waals surface area contributed by atoms with E-state index in [0.29, 0.717) is 37.1 Å². The number of carbonyl (C=O) groups is 1. The molecule has 1 aliphatic heterocycles. The summed E-state index contributed by atoms with van der Waals surface area (Å²) in [5.41, 5.74) is 3.97. The van der Waals surface area contributed by atoms with E-state index in [1.165, 1.54) is 4.90 Å². The van der Waals surface area contributed by atoms with Crippen LogP contribution in [0.25, 0.3) is 0 Å². The van der Waals surface area contributed by atoms with Gasteiger partial charge in [0.25, 0.3) is 5.92 Å².